The number of carbonyl (C=O) groups is 1. The van der Waals surface area contributed by atoms with Crippen molar-refractivity contribution in [2.45, 2.75) is 6.92 Å². The third-order valence-electron chi connectivity index (χ3n) is 2.48. The van der Waals surface area contributed by atoms with E-state index in [0.29, 0.717) is 17.0 Å². The SMILES string of the molecule is C=C(NNC(=O)c1ccccc1Br)c1ccc(C)o1. The Morgan fingerprint density at radius 2 is 1.95 bits per heavy atom. The molecule has 1 aromatic carbocycles. The smallest absolute Gasteiger partial charge is 0.270 e. The molecule has 98 valence electrons. The maximum atomic E-state index is 11.9. The van der Waals surface area contributed by atoms with Gasteiger partial charge in [-0.25, -0.2) is 0 Å². The molecule has 4 nitrogen and oxygen atoms in total. The summed E-state index contributed by atoms with van der Waals surface area (Å²) in [4.78, 5) is 11.9. The van der Waals surface area contributed by atoms with Crippen molar-refractivity contribution in [1.82, 2.24) is 10.9 Å². The highest BCUT2D eigenvalue weighted by molar-refractivity contribution is 9.10. The molecule has 1 amide bonds. The van der Waals surface area contributed by atoms with Crippen LogP contribution in [0.2, 0.25) is 0 Å². The Morgan fingerprint density at radius 3 is 2.58 bits per heavy atom. The van der Waals surface area contributed by atoms with Crippen LogP contribution in [-0.4, -0.2) is 5.91 Å². The predicted octanol–water partition coefficient (Wildman–Crippen LogP) is 3.26. The van der Waals surface area contributed by atoms with E-state index in [-0.39, 0.29) is 5.91 Å². The summed E-state index contributed by atoms with van der Waals surface area (Å²) in [6, 6.07) is 10.8. The van der Waals surface area contributed by atoms with Crippen LogP contribution in [0.5, 0.6) is 0 Å². The van der Waals surface area contributed by atoms with E-state index in [1.54, 1.807) is 24.3 Å². The van der Waals surface area contributed by atoms with Gasteiger partial charge in [-0.1, -0.05) is 18.7 Å². The first-order chi connectivity index (χ1) is 9.08. The van der Waals surface area contributed by atoms with Gasteiger partial charge in [-0.05, 0) is 47.1 Å². The second kappa shape index (κ2) is 5.75. The average molecular weight is 321 g/mol. The van der Waals surface area contributed by atoms with Crippen LogP contribution in [-0.2, 0) is 0 Å². The van der Waals surface area contributed by atoms with Gasteiger partial charge in [0.2, 0.25) is 0 Å². The molecule has 0 saturated carbocycles. The van der Waals surface area contributed by atoms with Gasteiger partial charge in [0.1, 0.15) is 5.76 Å². The molecule has 0 saturated heterocycles. The van der Waals surface area contributed by atoms with Crippen LogP contribution < -0.4 is 10.9 Å². The molecule has 0 atom stereocenters. The van der Waals surface area contributed by atoms with Crippen molar-refractivity contribution >= 4 is 27.5 Å². The van der Waals surface area contributed by atoms with Crippen LogP contribution in [0.25, 0.3) is 5.70 Å². The number of rotatable bonds is 4. The van der Waals surface area contributed by atoms with Gasteiger partial charge in [-0.15, -0.1) is 0 Å². The first kappa shape index (κ1) is 13.4. The number of aryl methyl sites for hydroxylation is 1. The lowest BCUT2D eigenvalue weighted by Gasteiger charge is -2.10. The minimum Gasteiger partial charge on any atom is -0.460 e. The Labute approximate surface area is 119 Å². The van der Waals surface area contributed by atoms with Crippen LogP contribution in [0.15, 0.2) is 51.9 Å². The van der Waals surface area contributed by atoms with E-state index in [1.165, 1.54) is 0 Å². The van der Waals surface area contributed by atoms with Crippen LogP contribution in [0.4, 0.5) is 0 Å². The molecule has 0 aliphatic heterocycles. The van der Waals surface area contributed by atoms with Crippen LogP contribution in [0.1, 0.15) is 21.9 Å². The molecule has 2 N–H and O–H groups in total. The maximum absolute atomic E-state index is 11.9. The van der Waals surface area contributed by atoms with E-state index in [2.05, 4.69) is 33.4 Å². The second-order valence-electron chi connectivity index (χ2n) is 3.95. The standard InChI is InChI=1S/C14H13BrN2O2/c1-9-7-8-13(19-9)10(2)16-17-14(18)11-5-3-4-6-12(11)15/h3-8,16H,2H2,1H3,(H,17,18). The van der Waals surface area contributed by atoms with Crippen molar-refractivity contribution in [3.05, 3.63) is 64.5 Å². The average Bonchev–Trinajstić information content (AvgIpc) is 2.83. The van der Waals surface area contributed by atoms with Gasteiger partial charge in [0, 0.05) is 4.47 Å². The Bertz CT molecular complexity index is 619. The van der Waals surface area contributed by atoms with Gasteiger partial charge in [0.25, 0.3) is 5.91 Å². The molecule has 0 aliphatic carbocycles. The van der Waals surface area contributed by atoms with E-state index >= 15 is 0 Å². The second-order valence-corrected chi connectivity index (χ2v) is 4.80. The van der Waals surface area contributed by atoms with E-state index in [9.17, 15) is 4.79 Å². The van der Waals surface area contributed by atoms with Crippen molar-refractivity contribution in [2.24, 2.45) is 0 Å². The number of amides is 1. The Hall–Kier alpha value is -2.01. The molecule has 1 aromatic heterocycles. The summed E-state index contributed by atoms with van der Waals surface area (Å²) in [6.45, 7) is 5.64. The molecular formula is C14H13BrN2O2. The zero-order valence-electron chi connectivity index (χ0n) is 10.4. The first-order valence-corrected chi connectivity index (χ1v) is 6.44. The van der Waals surface area contributed by atoms with Gasteiger partial charge in [-0.2, -0.15) is 0 Å². The predicted molar refractivity (Wildman–Crippen MR) is 77.2 cm³/mol. The lowest BCUT2D eigenvalue weighted by Crippen LogP contribution is -2.35. The first-order valence-electron chi connectivity index (χ1n) is 5.64. The number of benzene rings is 1. The lowest BCUT2D eigenvalue weighted by molar-refractivity contribution is 0.0941. The quantitative estimate of drug-likeness (QED) is 0.850. The number of hydrazine groups is 1. The fraction of sp³-hybridized carbons (Fsp3) is 0.0714. The third kappa shape index (κ3) is 3.26. The summed E-state index contributed by atoms with van der Waals surface area (Å²) in [7, 11) is 0. The maximum Gasteiger partial charge on any atom is 0.270 e. The largest absolute Gasteiger partial charge is 0.460 e. The molecule has 0 aliphatic rings. The summed E-state index contributed by atoms with van der Waals surface area (Å²) in [5, 5.41) is 0. The van der Waals surface area contributed by atoms with E-state index in [1.807, 2.05) is 19.1 Å². The van der Waals surface area contributed by atoms with Crippen molar-refractivity contribution < 1.29 is 9.21 Å². The summed E-state index contributed by atoms with van der Waals surface area (Å²) in [5.74, 6) is 1.12. The summed E-state index contributed by atoms with van der Waals surface area (Å²) >= 11 is 3.32. The summed E-state index contributed by atoms with van der Waals surface area (Å²) in [6.07, 6.45) is 0. The molecule has 0 radical (unpaired) electrons. The van der Waals surface area contributed by atoms with E-state index in [0.717, 1.165) is 10.2 Å². The highest BCUT2D eigenvalue weighted by atomic mass is 79.9. The normalized spacial score (nSPS) is 10.0. The van der Waals surface area contributed by atoms with E-state index in [4.69, 9.17) is 4.42 Å². The summed E-state index contributed by atoms with van der Waals surface area (Å²) in [5.41, 5.74) is 6.33. The highest BCUT2D eigenvalue weighted by Crippen LogP contribution is 2.16. The Kier molecular flexibility index (Phi) is 4.06. The molecule has 19 heavy (non-hydrogen) atoms. The number of halogens is 1. The minimum atomic E-state index is -0.253. The zero-order chi connectivity index (χ0) is 13.8. The number of furan rings is 1. The topological polar surface area (TPSA) is 54.3 Å². The fourth-order valence-corrected chi connectivity index (χ4v) is 1.97. The molecular weight excluding hydrogens is 308 g/mol. The lowest BCUT2D eigenvalue weighted by atomic mass is 10.2. The van der Waals surface area contributed by atoms with Crippen molar-refractivity contribution in [3.8, 4) is 0 Å². The number of hydrogen-bond acceptors (Lipinski definition) is 3. The van der Waals surface area contributed by atoms with Crippen molar-refractivity contribution in [3.63, 3.8) is 0 Å². The number of nitrogens with one attached hydrogen (secondary N) is 2. The molecule has 5 heteroatoms. The van der Waals surface area contributed by atoms with Gasteiger partial charge >= 0.3 is 0 Å². The van der Waals surface area contributed by atoms with Gasteiger partial charge in [0.15, 0.2) is 5.76 Å². The van der Waals surface area contributed by atoms with Crippen LogP contribution in [0, 0.1) is 6.92 Å². The van der Waals surface area contributed by atoms with Gasteiger partial charge < -0.3 is 4.42 Å². The Morgan fingerprint density at radius 1 is 1.21 bits per heavy atom. The Balaban J connectivity index is 1.98. The monoisotopic (exact) mass is 320 g/mol. The third-order valence-corrected chi connectivity index (χ3v) is 3.17. The molecule has 1 heterocycles. The zero-order valence-corrected chi connectivity index (χ0v) is 12.0. The number of hydrogen-bond donors (Lipinski definition) is 2. The van der Waals surface area contributed by atoms with Crippen molar-refractivity contribution in [2.75, 3.05) is 0 Å². The molecule has 2 aromatic rings. The van der Waals surface area contributed by atoms with Crippen molar-refractivity contribution in [1.29, 1.82) is 0 Å². The van der Waals surface area contributed by atoms with Crippen LogP contribution >= 0.6 is 15.9 Å². The molecule has 2 rings (SSSR count). The van der Waals surface area contributed by atoms with Crippen LogP contribution in [0.3, 0.4) is 0 Å². The fourth-order valence-electron chi connectivity index (χ4n) is 1.50. The molecule has 0 bridgehead atoms. The van der Waals surface area contributed by atoms with E-state index < -0.39 is 0 Å². The molecule has 0 spiro atoms. The molecule has 0 fully saturated rings. The summed E-state index contributed by atoms with van der Waals surface area (Å²) < 4.78 is 6.11. The van der Waals surface area contributed by atoms with Gasteiger partial charge in [-0.3, -0.25) is 15.6 Å². The molecule has 0 unspecified atom stereocenters. The van der Waals surface area contributed by atoms with Gasteiger partial charge in [0.05, 0.1) is 11.3 Å². The highest BCUT2D eigenvalue weighted by Gasteiger charge is 2.10. The number of carbonyl (C=O) groups excluding carboxylic acids is 1. The minimum absolute atomic E-state index is 0.253.